The molecule has 0 radical (unpaired) electrons. The lowest BCUT2D eigenvalue weighted by Gasteiger charge is -2.27. The van der Waals surface area contributed by atoms with Crippen LogP contribution in [0.15, 0.2) is 22.7 Å². The van der Waals surface area contributed by atoms with Crippen molar-refractivity contribution in [2.45, 2.75) is 39.0 Å². The summed E-state index contributed by atoms with van der Waals surface area (Å²) in [5, 5.41) is 0. The van der Waals surface area contributed by atoms with Crippen molar-refractivity contribution in [1.29, 1.82) is 0 Å². The Balaban J connectivity index is 2.18. The third kappa shape index (κ3) is 2.33. The summed E-state index contributed by atoms with van der Waals surface area (Å²) in [6.45, 7) is 3.14. The number of halogens is 1. The van der Waals surface area contributed by atoms with Gasteiger partial charge >= 0.3 is 0 Å². The molecule has 1 nitrogen and oxygen atoms in total. The van der Waals surface area contributed by atoms with Crippen LogP contribution in [-0.2, 0) is 12.8 Å². The van der Waals surface area contributed by atoms with Gasteiger partial charge in [0.25, 0.3) is 0 Å². The van der Waals surface area contributed by atoms with Crippen molar-refractivity contribution in [3.05, 3.63) is 33.8 Å². The van der Waals surface area contributed by atoms with E-state index in [0.717, 1.165) is 13.0 Å². The standard InChI is InChI=1S/C14H20BrN/c1-2-14(6-3-7-16)9-11-4-5-13(15)8-12(11)10-14/h4-5,8H,2-3,6-7,9-10,16H2,1H3/t14-/m1/s1. The van der Waals surface area contributed by atoms with Crippen LogP contribution < -0.4 is 5.73 Å². The fourth-order valence-electron chi connectivity index (χ4n) is 2.88. The highest BCUT2D eigenvalue weighted by Crippen LogP contribution is 2.43. The molecule has 16 heavy (non-hydrogen) atoms. The third-order valence-electron chi connectivity index (χ3n) is 3.96. The summed E-state index contributed by atoms with van der Waals surface area (Å²) < 4.78 is 1.21. The zero-order chi connectivity index (χ0) is 11.6. The Morgan fingerprint density at radius 1 is 1.31 bits per heavy atom. The van der Waals surface area contributed by atoms with Crippen LogP contribution in [0.1, 0.15) is 37.3 Å². The van der Waals surface area contributed by atoms with Crippen molar-refractivity contribution in [2.75, 3.05) is 6.54 Å². The molecule has 0 aliphatic heterocycles. The molecule has 1 aliphatic rings. The third-order valence-corrected chi connectivity index (χ3v) is 4.45. The number of rotatable bonds is 4. The molecule has 1 aromatic carbocycles. The first kappa shape index (κ1) is 12.1. The van der Waals surface area contributed by atoms with Crippen molar-refractivity contribution in [2.24, 2.45) is 11.1 Å². The lowest BCUT2D eigenvalue weighted by Crippen LogP contribution is -2.21. The molecule has 0 fully saturated rings. The molecule has 0 aromatic heterocycles. The van der Waals surface area contributed by atoms with Crippen molar-refractivity contribution >= 4 is 15.9 Å². The van der Waals surface area contributed by atoms with Crippen molar-refractivity contribution < 1.29 is 0 Å². The minimum atomic E-state index is 0.489. The van der Waals surface area contributed by atoms with Crippen LogP contribution >= 0.6 is 15.9 Å². The molecule has 88 valence electrons. The van der Waals surface area contributed by atoms with Crippen molar-refractivity contribution in [3.8, 4) is 0 Å². The van der Waals surface area contributed by atoms with Gasteiger partial charge in [0.15, 0.2) is 0 Å². The quantitative estimate of drug-likeness (QED) is 0.895. The van der Waals surface area contributed by atoms with E-state index in [-0.39, 0.29) is 0 Å². The van der Waals surface area contributed by atoms with Gasteiger partial charge in [0, 0.05) is 4.47 Å². The Kier molecular flexibility index (Phi) is 3.70. The zero-order valence-electron chi connectivity index (χ0n) is 9.93. The maximum Gasteiger partial charge on any atom is 0.0178 e. The molecule has 0 unspecified atom stereocenters. The Labute approximate surface area is 107 Å². The highest BCUT2D eigenvalue weighted by atomic mass is 79.9. The smallest absolute Gasteiger partial charge is 0.0178 e. The van der Waals surface area contributed by atoms with E-state index in [2.05, 4.69) is 41.1 Å². The number of fused-ring (bicyclic) bond motifs is 1. The minimum absolute atomic E-state index is 0.489. The summed E-state index contributed by atoms with van der Waals surface area (Å²) in [7, 11) is 0. The summed E-state index contributed by atoms with van der Waals surface area (Å²) in [5.41, 5.74) is 9.21. The number of hydrogen-bond acceptors (Lipinski definition) is 1. The molecule has 0 heterocycles. The lowest BCUT2D eigenvalue weighted by molar-refractivity contribution is 0.262. The average Bonchev–Trinajstić information content (AvgIpc) is 2.65. The number of nitrogens with two attached hydrogens (primary N) is 1. The van der Waals surface area contributed by atoms with E-state index in [1.165, 1.54) is 35.7 Å². The van der Waals surface area contributed by atoms with Crippen LogP contribution in [0.3, 0.4) is 0 Å². The molecule has 0 saturated carbocycles. The van der Waals surface area contributed by atoms with E-state index in [1.54, 1.807) is 5.56 Å². The van der Waals surface area contributed by atoms with Gasteiger partial charge in [-0.05, 0) is 67.3 Å². The molecule has 0 saturated heterocycles. The van der Waals surface area contributed by atoms with Gasteiger partial charge in [0.2, 0.25) is 0 Å². The van der Waals surface area contributed by atoms with Gasteiger partial charge in [-0.3, -0.25) is 0 Å². The van der Waals surface area contributed by atoms with Gasteiger partial charge in [-0.2, -0.15) is 0 Å². The second kappa shape index (κ2) is 4.89. The summed E-state index contributed by atoms with van der Waals surface area (Å²) >= 11 is 3.56. The van der Waals surface area contributed by atoms with E-state index in [9.17, 15) is 0 Å². The van der Waals surface area contributed by atoms with Crippen LogP contribution in [-0.4, -0.2) is 6.54 Å². The Morgan fingerprint density at radius 2 is 2.06 bits per heavy atom. The van der Waals surface area contributed by atoms with Gasteiger partial charge in [0.1, 0.15) is 0 Å². The molecular formula is C14H20BrN. The van der Waals surface area contributed by atoms with Gasteiger partial charge in [-0.25, -0.2) is 0 Å². The van der Waals surface area contributed by atoms with Gasteiger partial charge in [-0.15, -0.1) is 0 Å². The molecule has 2 rings (SSSR count). The van der Waals surface area contributed by atoms with Crippen LogP contribution in [0.2, 0.25) is 0 Å². The van der Waals surface area contributed by atoms with E-state index in [1.807, 2.05) is 0 Å². The fraction of sp³-hybridized carbons (Fsp3) is 0.571. The first-order chi connectivity index (χ1) is 7.69. The SMILES string of the molecule is CC[C@@]1(CCCN)Cc2ccc(Br)cc2C1. The maximum atomic E-state index is 5.64. The van der Waals surface area contributed by atoms with Gasteiger partial charge in [0.05, 0.1) is 0 Å². The molecule has 1 aromatic rings. The first-order valence-electron chi connectivity index (χ1n) is 6.16. The predicted molar refractivity (Wildman–Crippen MR) is 72.6 cm³/mol. The van der Waals surface area contributed by atoms with E-state index < -0.39 is 0 Å². The molecule has 0 bridgehead atoms. The molecule has 1 atom stereocenters. The second-order valence-corrected chi connectivity index (χ2v) is 5.93. The van der Waals surface area contributed by atoms with Gasteiger partial charge in [-0.1, -0.05) is 28.9 Å². The average molecular weight is 282 g/mol. The molecule has 2 N–H and O–H groups in total. The van der Waals surface area contributed by atoms with Crippen LogP contribution in [0, 0.1) is 5.41 Å². The normalized spacial score (nSPS) is 23.4. The lowest BCUT2D eigenvalue weighted by atomic mass is 9.78. The summed E-state index contributed by atoms with van der Waals surface area (Å²) in [6.07, 6.45) is 6.17. The molecular weight excluding hydrogens is 262 g/mol. The van der Waals surface area contributed by atoms with E-state index in [0.29, 0.717) is 5.41 Å². The maximum absolute atomic E-state index is 5.64. The van der Waals surface area contributed by atoms with E-state index >= 15 is 0 Å². The number of benzene rings is 1. The largest absolute Gasteiger partial charge is 0.330 e. The zero-order valence-corrected chi connectivity index (χ0v) is 11.5. The highest BCUT2D eigenvalue weighted by molar-refractivity contribution is 9.10. The van der Waals surface area contributed by atoms with E-state index in [4.69, 9.17) is 5.73 Å². The molecule has 1 aliphatic carbocycles. The predicted octanol–water partition coefficient (Wildman–Crippen LogP) is 3.68. The summed E-state index contributed by atoms with van der Waals surface area (Å²) in [5.74, 6) is 0. The molecule has 0 spiro atoms. The van der Waals surface area contributed by atoms with Gasteiger partial charge < -0.3 is 5.73 Å². The van der Waals surface area contributed by atoms with Crippen LogP contribution in [0.4, 0.5) is 0 Å². The second-order valence-electron chi connectivity index (χ2n) is 5.01. The van der Waals surface area contributed by atoms with Crippen molar-refractivity contribution in [3.63, 3.8) is 0 Å². The van der Waals surface area contributed by atoms with Crippen LogP contribution in [0.5, 0.6) is 0 Å². The summed E-state index contributed by atoms with van der Waals surface area (Å²) in [6, 6.07) is 6.72. The highest BCUT2D eigenvalue weighted by Gasteiger charge is 2.34. The number of hydrogen-bond donors (Lipinski definition) is 1. The monoisotopic (exact) mass is 281 g/mol. The fourth-order valence-corrected chi connectivity index (χ4v) is 3.29. The Morgan fingerprint density at radius 3 is 2.75 bits per heavy atom. The van der Waals surface area contributed by atoms with Crippen LogP contribution in [0.25, 0.3) is 0 Å². The van der Waals surface area contributed by atoms with Crippen molar-refractivity contribution in [1.82, 2.24) is 0 Å². The topological polar surface area (TPSA) is 26.0 Å². The Hall–Kier alpha value is -0.340. The molecule has 2 heteroatoms. The molecule has 0 amide bonds. The Bertz CT molecular complexity index is 375. The first-order valence-corrected chi connectivity index (χ1v) is 6.96. The summed E-state index contributed by atoms with van der Waals surface area (Å²) in [4.78, 5) is 0. The minimum Gasteiger partial charge on any atom is -0.330 e.